The molecule has 0 heterocycles. The van der Waals surface area contributed by atoms with Crippen molar-refractivity contribution in [3.05, 3.63) is 5.57 Å². The first kappa shape index (κ1) is 9.71. The van der Waals surface area contributed by atoms with Crippen LogP contribution in [-0.4, -0.2) is 18.1 Å². The smallest absolute Gasteiger partial charge is 0.423 e. The van der Waals surface area contributed by atoms with Gasteiger partial charge in [-0.2, -0.15) is 13.2 Å². The molecule has 0 radical (unpaired) electrons. The van der Waals surface area contributed by atoms with Gasteiger partial charge in [0.2, 0.25) is 0 Å². The Balaban J connectivity index is 4.47. The Bertz CT molecular complexity index is 212. The van der Waals surface area contributed by atoms with E-state index in [9.17, 15) is 27.9 Å². The third kappa shape index (κ3) is 3.42. The van der Waals surface area contributed by atoms with Crippen LogP contribution in [-0.2, 0) is 9.59 Å². The van der Waals surface area contributed by atoms with Crippen LogP contribution in [0.25, 0.3) is 0 Å². The van der Waals surface area contributed by atoms with Crippen molar-refractivity contribution in [1.29, 1.82) is 0 Å². The molecule has 0 saturated carbocycles. The lowest BCUT2D eigenvalue weighted by atomic mass is 10.2. The van der Waals surface area contributed by atoms with Crippen LogP contribution in [0, 0.1) is 0 Å². The number of halogens is 3. The number of aliphatic carboxylic acids is 1. The molecule has 6 heteroatoms. The van der Waals surface area contributed by atoms with Crippen LogP contribution in [0.1, 0.15) is 6.42 Å². The van der Waals surface area contributed by atoms with Gasteiger partial charge in [-0.05, 0) is 0 Å². The van der Waals surface area contributed by atoms with Crippen molar-refractivity contribution in [2.45, 2.75) is 12.6 Å². The van der Waals surface area contributed by atoms with Gasteiger partial charge in [0.15, 0.2) is 0 Å². The van der Waals surface area contributed by atoms with Crippen LogP contribution in [0.3, 0.4) is 0 Å². The summed E-state index contributed by atoms with van der Waals surface area (Å²) in [5, 5.41) is 9.60. The number of carboxylic acids is 1. The predicted octanol–water partition coefficient (Wildman–Crippen LogP) is -0.553. The van der Waals surface area contributed by atoms with Crippen LogP contribution in [0.4, 0.5) is 13.2 Å². The zero-order valence-electron chi connectivity index (χ0n) is 5.07. The molecule has 0 unspecified atom stereocenters. The predicted molar refractivity (Wildman–Crippen MR) is 24.9 cm³/mol. The van der Waals surface area contributed by atoms with E-state index in [1.54, 1.807) is 0 Å². The second kappa shape index (κ2) is 3.21. The van der Waals surface area contributed by atoms with Crippen LogP contribution in [0.15, 0.2) is 5.57 Å². The van der Waals surface area contributed by atoms with Gasteiger partial charge in [-0.15, -0.1) is 0 Å². The Labute approximate surface area is 59.1 Å². The number of alkyl halides is 3. The molecule has 0 aromatic carbocycles. The van der Waals surface area contributed by atoms with Gasteiger partial charge >= 0.3 is 6.18 Å². The van der Waals surface area contributed by atoms with Crippen LogP contribution < -0.4 is 5.11 Å². The highest BCUT2D eigenvalue weighted by molar-refractivity contribution is 5.73. The average molecular weight is 167 g/mol. The van der Waals surface area contributed by atoms with E-state index in [0.717, 1.165) is 0 Å². The number of hydrogen-bond acceptors (Lipinski definition) is 3. The normalized spacial score (nSPS) is 10.5. The molecular weight excluding hydrogens is 165 g/mol. The first-order valence-electron chi connectivity index (χ1n) is 2.39. The largest absolute Gasteiger partial charge is 0.550 e. The van der Waals surface area contributed by atoms with Gasteiger partial charge in [0, 0.05) is 12.4 Å². The number of carbonyl (C=O) groups excluding carboxylic acids is 2. The lowest BCUT2D eigenvalue weighted by Gasteiger charge is -2.06. The molecule has 0 aliphatic heterocycles. The molecule has 0 saturated heterocycles. The summed E-state index contributed by atoms with van der Waals surface area (Å²) >= 11 is 0. The third-order valence-electron chi connectivity index (χ3n) is 0.786. The Hall–Kier alpha value is -1.29. The van der Waals surface area contributed by atoms with Gasteiger partial charge in [0.1, 0.15) is 11.5 Å². The van der Waals surface area contributed by atoms with Crippen molar-refractivity contribution in [2.24, 2.45) is 0 Å². The first-order valence-corrected chi connectivity index (χ1v) is 2.39. The van der Waals surface area contributed by atoms with Gasteiger partial charge in [0.25, 0.3) is 0 Å². The zero-order valence-corrected chi connectivity index (χ0v) is 5.07. The van der Waals surface area contributed by atoms with Gasteiger partial charge in [-0.1, -0.05) is 0 Å². The summed E-state index contributed by atoms with van der Waals surface area (Å²) in [5.41, 5.74) is -1.77. The van der Waals surface area contributed by atoms with Crippen molar-refractivity contribution in [2.75, 3.05) is 0 Å². The first-order chi connectivity index (χ1) is 4.88. The lowest BCUT2D eigenvalue weighted by molar-refractivity contribution is -0.305. The van der Waals surface area contributed by atoms with Crippen molar-refractivity contribution < 1.29 is 27.9 Å². The fourth-order valence-corrected chi connectivity index (χ4v) is 0.339. The molecule has 0 aromatic heterocycles. The standard InChI is InChI=1S/C5H3F3O3/c6-5(7,8)3(2-9)1-4(10)11/h1H2,(H,10,11)/p-1. The highest BCUT2D eigenvalue weighted by Gasteiger charge is 2.34. The summed E-state index contributed by atoms with van der Waals surface area (Å²) in [6.45, 7) is 0. The lowest BCUT2D eigenvalue weighted by Crippen LogP contribution is -2.26. The fourth-order valence-electron chi connectivity index (χ4n) is 0.339. The summed E-state index contributed by atoms with van der Waals surface area (Å²) in [4.78, 5) is 19.1. The van der Waals surface area contributed by atoms with E-state index in [1.807, 2.05) is 0 Å². The van der Waals surface area contributed by atoms with Gasteiger partial charge in [0.05, 0.1) is 0 Å². The molecule has 62 valence electrons. The molecule has 0 aromatic rings. The van der Waals surface area contributed by atoms with E-state index in [-0.39, 0.29) is 0 Å². The highest BCUT2D eigenvalue weighted by Crippen LogP contribution is 2.25. The van der Waals surface area contributed by atoms with Crippen molar-refractivity contribution in [1.82, 2.24) is 0 Å². The molecule has 0 bridgehead atoms. The van der Waals surface area contributed by atoms with Crippen molar-refractivity contribution in [3.63, 3.8) is 0 Å². The molecule has 0 spiro atoms. The summed E-state index contributed by atoms with van der Waals surface area (Å²) in [6, 6.07) is 0. The summed E-state index contributed by atoms with van der Waals surface area (Å²) in [7, 11) is 0. The minimum absolute atomic E-state index is 0.494. The number of carboxylic acid groups (broad SMARTS) is 1. The maximum atomic E-state index is 11.5. The van der Waals surface area contributed by atoms with E-state index in [2.05, 4.69) is 0 Å². The van der Waals surface area contributed by atoms with Gasteiger partial charge in [-0.25, -0.2) is 4.79 Å². The Morgan fingerprint density at radius 2 is 1.91 bits per heavy atom. The Kier molecular flexibility index (Phi) is 2.83. The maximum absolute atomic E-state index is 11.5. The third-order valence-corrected chi connectivity index (χ3v) is 0.786. The van der Waals surface area contributed by atoms with Gasteiger partial charge < -0.3 is 9.90 Å². The average Bonchev–Trinajstić information content (AvgIpc) is 1.79. The van der Waals surface area contributed by atoms with Crippen LogP contribution in [0.2, 0.25) is 0 Å². The molecule has 0 fully saturated rings. The Morgan fingerprint density at radius 1 is 1.45 bits per heavy atom. The van der Waals surface area contributed by atoms with E-state index >= 15 is 0 Å². The molecule has 0 atom stereocenters. The number of carbonyl (C=O) groups is 1. The monoisotopic (exact) mass is 167 g/mol. The van der Waals surface area contributed by atoms with E-state index < -0.39 is 24.1 Å². The summed E-state index contributed by atoms with van der Waals surface area (Å²) < 4.78 is 34.5. The molecule has 0 amide bonds. The minimum atomic E-state index is -4.93. The maximum Gasteiger partial charge on any atom is 0.423 e. The Morgan fingerprint density at radius 3 is 2.00 bits per heavy atom. The summed E-state index contributed by atoms with van der Waals surface area (Å²) in [5.74, 6) is -1.46. The SMILES string of the molecule is O=C=C(CC(=O)[O-])C(F)(F)F. The van der Waals surface area contributed by atoms with Crippen LogP contribution >= 0.6 is 0 Å². The van der Waals surface area contributed by atoms with E-state index in [0.29, 0.717) is 5.94 Å². The number of hydrogen-bond donors (Lipinski definition) is 0. The van der Waals surface area contributed by atoms with Crippen LogP contribution in [0.5, 0.6) is 0 Å². The van der Waals surface area contributed by atoms with E-state index in [1.165, 1.54) is 0 Å². The highest BCUT2D eigenvalue weighted by atomic mass is 19.4. The molecule has 11 heavy (non-hydrogen) atoms. The summed E-state index contributed by atoms with van der Waals surface area (Å²) in [6.07, 6.45) is -6.38. The second-order valence-electron chi connectivity index (χ2n) is 1.63. The van der Waals surface area contributed by atoms with E-state index in [4.69, 9.17) is 0 Å². The minimum Gasteiger partial charge on any atom is -0.550 e. The topological polar surface area (TPSA) is 57.2 Å². The molecule has 0 N–H and O–H groups in total. The molecule has 0 rings (SSSR count). The molecule has 0 aliphatic carbocycles. The quantitative estimate of drug-likeness (QED) is 0.518. The molecule has 0 aliphatic rings. The fraction of sp³-hybridized carbons (Fsp3) is 0.400. The molecule has 3 nitrogen and oxygen atoms in total. The number of rotatable bonds is 2. The molecular formula is C5H2F3O3-. The van der Waals surface area contributed by atoms with Crippen molar-refractivity contribution in [3.8, 4) is 0 Å². The van der Waals surface area contributed by atoms with Gasteiger partial charge in [-0.3, -0.25) is 0 Å². The van der Waals surface area contributed by atoms with Crippen molar-refractivity contribution >= 4 is 11.9 Å². The zero-order chi connectivity index (χ0) is 9.07. The second-order valence-corrected chi connectivity index (χ2v) is 1.63.